The summed E-state index contributed by atoms with van der Waals surface area (Å²) in [6, 6.07) is 16.1. The van der Waals surface area contributed by atoms with E-state index in [1.165, 1.54) is 0 Å². The standard InChI is InChI=1S/C17H14O2S/c1-2-19-17(18)15-9-8-13(12-6-4-3-5-7-12)14-10-11-20-16(14)15/h3-11H,2H2,1H3. The Morgan fingerprint density at radius 3 is 2.65 bits per heavy atom. The largest absolute Gasteiger partial charge is 0.462 e. The maximum absolute atomic E-state index is 12.0. The highest BCUT2D eigenvalue weighted by Gasteiger charge is 2.15. The second kappa shape index (κ2) is 5.47. The van der Waals surface area contributed by atoms with Crippen LogP contribution in [0.5, 0.6) is 0 Å². The van der Waals surface area contributed by atoms with E-state index in [4.69, 9.17) is 4.74 Å². The molecule has 2 nitrogen and oxygen atoms in total. The molecule has 0 aliphatic heterocycles. The van der Waals surface area contributed by atoms with Gasteiger partial charge in [-0.1, -0.05) is 36.4 Å². The fraction of sp³-hybridized carbons (Fsp3) is 0.118. The topological polar surface area (TPSA) is 26.3 Å². The first-order chi connectivity index (χ1) is 9.81. The first kappa shape index (κ1) is 12.9. The minimum absolute atomic E-state index is 0.250. The lowest BCUT2D eigenvalue weighted by Gasteiger charge is -2.07. The Hall–Kier alpha value is -2.13. The maximum atomic E-state index is 12.0. The normalized spacial score (nSPS) is 10.7. The molecular formula is C17H14O2S. The van der Waals surface area contributed by atoms with E-state index in [2.05, 4.69) is 18.2 Å². The van der Waals surface area contributed by atoms with Gasteiger partial charge in [0.25, 0.3) is 0 Å². The summed E-state index contributed by atoms with van der Waals surface area (Å²) in [5, 5.41) is 3.12. The van der Waals surface area contributed by atoms with E-state index in [-0.39, 0.29) is 5.97 Å². The Balaban J connectivity index is 2.17. The van der Waals surface area contributed by atoms with Crippen molar-refractivity contribution in [2.24, 2.45) is 0 Å². The minimum Gasteiger partial charge on any atom is -0.462 e. The zero-order chi connectivity index (χ0) is 13.9. The molecular weight excluding hydrogens is 268 g/mol. The van der Waals surface area contributed by atoms with Crippen LogP contribution in [0, 0.1) is 0 Å². The summed E-state index contributed by atoms with van der Waals surface area (Å²) in [5.74, 6) is -0.250. The van der Waals surface area contributed by atoms with Crippen molar-refractivity contribution in [2.45, 2.75) is 6.92 Å². The van der Waals surface area contributed by atoms with Crippen LogP contribution in [0.3, 0.4) is 0 Å². The number of carbonyl (C=O) groups excluding carboxylic acids is 1. The highest BCUT2D eigenvalue weighted by molar-refractivity contribution is 7.17. The summed E-state index contributed by atoms with van der Waals surface area (Å²) in [4.78, 5) is 12.0. The number of ether oxygens (including phenoxy) is 1. The smallest absolute Gasteiger partial charge is 0.339 e. The van der Waals surface area contributed by atoms with Crippen LogP contribution in [-0.4, -0.2) is 12.6 Å². The van der Waals surface area contributed by atoms with Crippen molar-refractivity contribution < 1.29 is 9.53 Å². The van der Waals surface area contributed by atoms with Gasteiger partial charge in [0.05, 0.1) is 12.2 Å². The highest BCUT2D eigenvalue weighted by Crippen LogP contribution is 2.34. The van der Waals surface area contributed by atoms with Crippen molar-refractivity contribution in [1.29, 1.82) is 0 Å². The van der Waals surface area contributed by atoms with Crippen molar-refractivity contribution >= 4 is 27.4 Å². The van der Waals surface area contributed by atoms with Gasteiger partial charge in [-0.05, 0) is 35.6 Å². The number of carbonyl (C=O) groups is 1. The van der Waals surface area contributed by atoms with Crippen molar-refractivity contribution in [3.8, 4) is 11.1 Å². The lowest BCUT2D eigenvalue weighted by molar-refractivity contribution is 0.0529. The minimum atomic E-state index is -0.250. The van der Waals surface area contributed by atoms with E-state index in [0.29, 0.717) is 12.2 Å². The number of fused-ring (bicyclic) bond motifs is 1. The van der Waals surface area contributed by atoms with Crippen molar-refractivity contribution in [1.82, 2.24) is 0 Å². The van der Waals surface area contributed by atoms with Crippen LogP contribution in [0.2, 0.25) is 0 Å². The fourth-order valence-corrected chi connectivity index (χ4v) is 3.22. The number of hydrogen-bond acceptors (Lipinski definition) is 3. The maximum Gasteiger partial charge on any atom is 0.339 e. The van der Waals surface area contributed by atoms with Crippen LogP contribution < -0.4 is 0 Å². The third kappa shape index (κ3) is 2.21. The van der Waals surface area contributed by atoms with Gasteiger partial charge in [0.15, 0.2) is 0 Å². The number of benzene rings is 2. The number of hydrogen-bond donors (Lipinski definition) is 0. The Kier molecular flexibility index (Phi) is 3.52. The zero-order valence-corrected chi connectivity index (χ0v) is 11.9. The molecule has 0 aliphatic rings. The van der Waals surface area contributed by atoms with Crippen LogP contribution in [-0.2, 0) is 4.74 Å². The monoisotopic (exact) mass is 282 g/mol. The molecule has 0 saturated carbocycles. The third-order valence-electron chi connectivity index (χ3n) is 3.20. The number of rotatable bonds is 3. The molecule has 0 unspecified atom stereocenters. The fourth-order valence-electron chi connectivity index (χ4n) is 2.30. The van der Waals surface area contributed by atoms with Gasteiger partial charge < -0.3 is 4.74 Å². The third-order valence-corrected chi connectivity index (χ3v) is 4.14. The van der Waals surface area contributed by atoms with Gasteiger partial charge in [0.2, 0.25) is 0 Å². The lowest BCUT2D eigenvalue weighted by Crippen LogP contribution is -2.04. The predicted molar refractivity (Wildman–Crippen MR) is 83.2 cm³/mol. The molecule has 100 valence electrons. The van der Waals surface area contributed by atoms with E-state index < -0.39 is 0 Å². The molecule has 0 N–H and O–H groups in total. The molecule has 0 spiro atoms. The summed E-state index contributed by atoms with van der Waals surface area (Å²) in [5.41, 5.74) is 2.96. The second-order valence-electron chi connectivity index (χ2n) is 4.41. The summed E-state index contributed by atoms with van der Waals surface area (Å²) in [6.07, 6.45) is 0. The van der Waals surface area contributed by atoms with Gasteiger partial charge in [0.1, 0.15) is 0 Å². The molecule has 1 heterocycles. The molecule has 0 saturated heterocycles. The Morgan fingerprint density at radius 2 is 1.90 bits per heavy atom. The highest BCUT2D eigenvalue weighted by atomic mass is 32.1. The van der Waals surface area contributed by atoms with Gasteiger partial charge in [-0.15, -0.1) is 11.3 Å². The van der Waals surface area contributed by atoms with Gasteiger partial charge in [0, 0.05) is 10.1 Å². The first-order valence-corrected chi connectivity index (χ1v) is 7.42. The average Bonchev–Trinajstić information content (AvgIpc) is 2.96. The summed E-state index contributed by atoms with van der Waals surface area (Å²) < 4.78 is 6.11. The molecule has 3 heteroatoms. The van der Waals surface area contributed by atoms with Gasteiger partial charge >= 0.3 is 5.97 Å². The van der Waals surface area contributed by atoms with E-state index in [1.54, 1.807) is 11.3 Å². The lowest BCUT2D eigenvalue weighted by atomic mass is 10.00. The summed E-state index contributed by atoms with van der Waals surface area (Å²) in [6.45, 7) is 2.22. The van der Waals surface area contributed by atoms with E-state index in [1.807, 2.05) is 42.6 Å². The molecule has 20 heavy (non-hydrogen) atoms. The summed E-state index contributed by atoms with van der Waals surface area (Å²) in [7, 11) is 0. The van der Waals surface area contributed by atoms with Crippen LogP contribution in [0.25, 0.3) is 21.2 Å². The number of thiophene rings is 1. The molecule has 0 radical (unpaired) electrons. The predicted octanol–water partition coefficient (Wildman–Crippen LogP) is 4.75. The van der Waals surface area contributed by atoms with Crippen LogP contribution in [0.4, 0.5) is 0 Å². The number of esters is 1. The summed E-state index contributed by atoms with van der Waals surface area (Å²) >= 11 is 1.58. The molecule has 0 aliphatic carbocycles. The van der Waals surface area contributed by atoms with Crippen LogP contribution in [0.1, 0.15) is 17.3 Å². The van der Waals surface area contributed by atoms with Crippen LogP contribution >= 0.6 is 11.3 Å². The van der Waals surface area contributed by atoms with Gasteiger partial charge in [-0.3, -0.25) is 0 Å². The van der Waals surface area contributed by atoms with Crippen molar-refractivity contribution in [3.05, 3.63) is 59.5 Å². The molecule has 0 amide bonds. The average molecular weight is 282 g/mol. The van der Waals surface area contributed by atoms with Gasteiger partial charge in [-0.25, -0.2) is 4.79 Å². The Labute approximate surface area is 121 Å². The van der Waals surface area contributed by atoms with Crippen molar-refractivity contribution in [2.75, 3.05) is 6.61 Å². The molecule has 3 aromatic rings. The first-order valence-electron chi connectivity index (χ1n) is 6.54. The molecule has 2 aromatic carbocycles. The van der Waals surface area contributed by atoms with Crippen molar-refractivity contribution in [3.63, 3.8) is 0 Å². The quantitative estimate of drug-likeness (QED) is 0.648. The molecule has 3 rings (SSSR count). The SMILES string of the molecule is CCOC(=O)c1ccc(-c2ccccc2)c2ccsc12. The van der Waals surface area contributed by atoms with E-state index in [0.717, 1.165) is 21.2 Å². The Morgan fingerprint density at radius 1 is 1.10 bits per heavy atom. The molecule has 1 aromatic heterocycles. The Bertz CT molecular complexity index is 744. The van der Waals surface area contributed by atoms with Crippen LogP contribution in [0.15, 0.2) is 53.9 Å². The van der Waals surface area contributed by atoms with E-state index >= 15 is 0 Å². The molecule has 0 bridgehead atoms. The van der Waals surface area contributed by atoms with Gasteiger partial charge in [-0.2, -0.15) is 0 Å². The second-order valence-corrected chi connectivity index (χ2v) is 5.33. The molecule has 0 fully saturated rings. The zero-order valence-electron chi connectivity index (χ0n) is 11.1. The molecule has 0 atom stereocenters. The van der Waals surface area contributed by atoms with E-state index in [9.17, 15) is 4.79 Å².